The number of aromatic carboxylic acids is 2. The molecule has 18 heavy (non-hydrogen) atoms. The molecule has 1 aromatic carbocycles. The van der Waals surface area contributed by atoms with Crippen LogP contribution in [0.4, 0.5) is 0 Å². The molecule has 0 aliphatic heterocycles. The van der Waals surface area contributed by atoms with Gasteiger partial charge in [0.25, 0.3) is 0 Å². The second kappa shape index (κ2) is 4.37. The maximum absolute atomic E-state index is 10.9. The van der Waals surface area contributed by atoms with Crippen LogP contribution in [0, 0.1) is 6.92 Å². The van der Waals surface area contributed by atoms with Gasteiger partial charge in [0.15, 0.2) is 0 Å². The molecule has 2 N–H and O–H groups in total. The van der Waals surface area contributed by atoms with Gasteiger partial charge in [-0.25, -0.2) is 9.59 Å². The number of hydrogen-bond donors (Lipinski definition) is 2. The molecule has 0 aliphatic rings. The number of carboxylic acids is 2. The van der Waals surface area contributed by atoms with Gasteiger partial charge in [0.2, 0.25) is 0 Å². The van der Waals surface area contributed by atoms with Crippen LogP contribution in [0.2, 0.25) is 0 Å². The van der Waals surface area contributed by atoms with Crippen LogP contribution in [0.1, 0.15) is 26.4 Å². The highest BCUT2D eigenvalue weighted by Crippen LogP contribution is 2.17. The first-order chi connectivity index (χ1) is 8.50. The summed E-state index contributed by atoms with van der Waals surface area (Å²) in [6, 6.07) is 7.77. The number of aromatic nitrogens is 1. The smallest absolute Gasteiger partial charge is 0.337 e. The molecule has 0 radical (unpaired) electrons. The molecule has 5 heteroatoms. The van der Waals surface area contributed by atoms with Crippen molar-refractivity contribution < 1.29 is 19.8 Å². The zero-order chi connectivity index (χ0) is 13.3. The summed E-state index contributed by atoms with van der Waals surface area (Å²) >= 11 is 0. The van der Waals surface area contributed by atoms with Gasteiger partial charge in [0.1, 0.15) is 0 Å². The standard InChI is InChI=1S/C13H11NO4/c1-8-11(13(17)18)6-7-14(8)10-4-2-9(3-5-10)12(15)16/h2-7H,1H3,(H,15,16)(H,17,18). The van der Waals surface area contributed by atoms with Crippen LogP contribution in [0.15, 0.2) is 36.5 Å². The van der Waals surface area contributed by atoms with Crippen LogP contribution >= 0.6 is 0 Å². The third-order valence-electron chi connectivity index (χ3n) is 2.76. The second-order valence-corrected chi connectivity index (χ2v) is 3.84. The van der Waals surface area contributed by atoms with Gasteiger partial charge in [-0.1, -0.05) is 0 Å². The van der Waals surface area contributed by atoms with Crippen molar-refractivity contribution in [3.63, 3.8) is 0 Å². The Bertz CT molecular complexity index is 610. The van der Waals surface area contributed by atoms with E-state index in [-0.39, 0.29) is 11.1 Å². The Balaban J connectivity index is 2.43. The molecular weight excluding hydrogens is 234 g/mol. The van der Waals surface area contributed by atoms with E-state index in [0.717, 1.165) is 5.69 Å². The molecule has 2 aromatic rings. The van der Waals surface area contributed by atoms with Crippen LogP contribution in [0.5, 0.6) is 0 Å². The average molecular weight is 245 g/mol. The van der Waals surface area contributed by atoms with Crippen molar-refractivity contribution in [2.75, 3.05) is 0 Å². The predicted octanol–water partition coefficient (Wildman–Crippen LogP) is 2.18. The third-order valence-corrected chi connectivity index (χ3v) is 2.76. The van der Waals surface area contributed by atoms with Crippen LogP contribution in [-0.2, 0) is 0 Å². The second-order valence-electron chi connectivity index (χ2n) is 3.84. The molecule has 5 nitrogen and oxygen atoms in total. The fourth-order valence-electron chi connectivity index (χ4n) is 1.78. The monoisotopic (exact) mass is 245 g/mol. The zero-order valence-electron chi connectivity index (χ0n) is 9.62. The Morgan fingerprint density at radius 1 is 1.00 bits per heavy atom. The lowest BCUT2D eigenvalue weighted by molar-refractivity contribution is 0.0686. The first-order valence-electron chi connectivity index (χ1n) is 5.25. The van der Waals surface area contributed by atoms with Crippen molar-refractivity contribution >= 4 is 11.9 Å². The maximum atomic E-state index is 10.9. The predicted molar refractivity (Wildman–Crippen MR) is 64.4 cm³/mol. The van der Waals surface area contributed by atoms with Gasteiger partial charge in [-0.05, 0) is 37.3 Å². The van der Waals surface area contributed by atoms with E-state index in [1.54, 1.807) is 29.8 Å². The van der Waals surface area contributed by atoms with E-state index in [2.05, 4.69) is 0 Å². The summed E-state index contributed by atoms with van der Waals surface area (Å²) in [5.74, 6) is -1.97. The number of hydrogen-bond acceptors (Lipinski definition) is 2. The highest BCUT2D eigenvalue weighted by molar-refractivity contribution is 5.89. The number of rotatable bonds is 3. The summed E-state index contributed by atoms with van der Waals surface area (Å²) in [6.45, 7) is 1.70. The molecular formula is C13H11NO4. The van der Waals surface area contributed by atoms with Gasteiger partial charge in [0.05, 0.1) is 11.1 Å². The normalized spacial score (nSPS) is 10.3. The summed E-state index contributed by atoms with van der Waals surface area (Å²) in [4.78, 5) is 21.6. The lowest BCUT2D eigenvalue weighted by Crippen LogP contribution is -2.02. The molecule has 0 fully saturated rings. The lowest BCUT2D eigenvalue weighted by Gasteiger charge is -2.06. The van der Waals surface area contributed by atoms with Crippen molar-refractivity contribution in [3.05, 3.63) is 53.3 Å². The van der Waals surface area contributed by atoms with E-state index in [0.29, 0.717) is 5.69 Å². The van der Waals surface area contributed by atoms with Crippen LogP contribution in [-0.4, -0.2) is 26.7 Å². The number of benzene rings is 1. The van der Waals surface area contributed by atoms with Crippen molar-refractivity contribution in [2.24, 2.45) is 0 Å². The summed E-state index contributed by atoms with van der Waals surface area (Å²) in [5, 5.41) is 17.7. The summed E-state index contributed by atoms with van der Waals surface area (Å²) in [6.07, 6.45) is 1.65. The Morgan fingerprint density at radius 3 is 2.06 bits per heavy atom. The minimum Gasteiger partial charge on any atom is -0.478 e. The maximum Gasteiger partial charge on any atom is 0.337 e. The quantitative estimate of drug-likeness (QED) is 0.868. The minimum absolute atomic E-state index is 0.196. The third kappa shape index (κ3) is 1.98. The van der Waals surface area contributed by atoms with E-state index < -0.39 is 11.9 Å². The van der Waals surface area contributed by atoms with Crippen molar-refractivity contribution in [3.8, 4) is 5.69 Å². The molecule has 0 amide bonds. The topological polar surface area (TPSA) is 79.5 Å². The summed E-state index contributed by atoms with van der Waals surface area (Å²) in [7, 11) is 0. The van der Waals surface area contributed by atoms with Gasteiger partial charge >= 0.3 is 11.9 Å². The fraction of sp³-hybridized carbons (Fsp3) is 0.0769. The molecule has 1 aromatic heterocycles. The van der Waals surface area contributed by atoms with Crippen molar-refractivity contribution in [1.82, 2.24) is 4.57 Å². The first kappa shape index (κ1) is 11.9. The Labute approximate surface area is 103 Å². The van der Waals surface area contributed by atoms with Gasteiger partial charge < -0.3 is 14.8 Å². The molecule has 0 bridgehead atoms. The van der Waals surface area contributed by atoms with E-state index >= 15 is 0 Å². The summed E-state index contributed by atoms with van der Waals surface area (Å²) < 4.78 is 1.70. The van der Waals surface area contributed by atoms with Crippen LogP contribution in [0.25, 0.3) is 5.69 Å². The van der Waals surface area contributed by atoms with Gasteiger partial charge in [-0.15, -0.1) is 0 Å². The lowest BCUT2D eigenvalue weighted by atomic mass is 10.2. The van der Waals surface area contributed by atoms with E-state index in [9.17, 15) is 9.59 Å². The molecule has 92 valence electrons. The Morgan fingerprint density at radius 2 is 1.61 bits per heavy atom. The van der Waals surface area contributed by atoms with E-state index in [1.807, 2.05) is 0 Å². The van der Waals surface area contributed by atoms with Crippen molar-refractivity contribution in [1.29, 1.82) is 0 Å². The Kier molecular flexibility index (Phi) is 2.89. The van der Waals surface area contributed by atoms with Crippen LogP contribution < -0.4 is 0 Å². The van der Waals surface area contributed by atoms with E-state index in [4.69, 9.17) is 10.2 Å². The molecule has 0 saturated carbocycles. The molecule has 1 heterocycles. The fourth-order valence-corrected chi connectivity index (χ4v) is 1.78. The van der Waals surface area contributed by atoms with E-state index in [1.165, 1.54) is 18.2 Å². The molecule has 0 saturated heterocycles. The summed E-state index contributed by atoms with van der Waals surface area (Å²) in [5.41, 5.74) is 1.76. The molecule has 0 atom stereocenters. The SMILES string of the molecule is Cc1c(C(=O)O)ccn1-c1ccc(C(=O)O)cc1. The molecule has 0 spiro atoms. The zero-order valence-corrected chi connectivity index (χ0v) is 9.62. The molecule has 0 unspecified atom stereocenters. The molecule has 2 rings (SSSR count). The van der Waals surface area contributed by atoms with Gasteiger partial charge in [-0.3, -0.25) is 0 Å². The van der Waals surface area contributed by atoms with Gasteiger partial charge in [-0.2, -0.15) is 0 Å². The number of nitrogens with zero attached hydrogens (tertiary/aromatic N) is 1. The minimum atomic E-state index is -0.989. The Hall–Kier alpha value is -2.56. The van der Waals surface area contributed by atoms with Crippen LogP contribution in [0.3, 0.4) is 0 Å². The van der Waals surface area contributed by atoms with Crippen molar-refractivity contribution in [2.45, 2.75) is 6.92 Å². The average Bonchev–Trinajstić information content (AvgIpc) is 2.71. The largest absolute Gasteiger partial charge is 0.478 e. The first-order valence-corrected chi connectivity index (χ1v) is 5.25. The number of carboxylic acid groups (broad SMARTS) is 2. The number of carbonyl (C=O) groups is 2. The molecule has 0 aliphatic carbocycles. The highest BCUT2D eigenvalue weighted by atomic mass is 16.4. The van der Waals surface area contributed by atoms with Gasteiger partial charge in [0, 0.05) is 17.6 Å². The highest BCUT2D eigenvalue weighted by Gasteiger charge is 2.12.